The highest BCUT2D eigenvalue weighted by atomic mass is 16.5. The van der Waals surface area contributed by atoms with Gasteiger partial charge in [-0.1, -0.05) is 30.3 Å². The summed E-state index contributed by atoms with van der Waals surface area (Å²) in [6.45, 7) is 2.69. The van der Waals surface area contributed by atoms with Gasteiger partial charge in [-0.2, -0.15) is 5.10 Å². The van der Waals surface area contributed by atoms with E-state index in [2.05, 4.69) is 51.9 Å². The van der Waals surface area contributed by atoms with Crippen molar-refractivity contribution in [1.29, 1.82) is 0 Å². The highest BCUT2D eigenvalue weighted by Crippen LogP contribution is 2.42. The van der Waals surface area contributed by atoms with Crippen molar-refractivity contribution in [3.63, 3.8) is 0 Å². The van der Waals surface area contributed by atoms with Crippen LogP contribution in [0.25, 0.3) is 22.3 Å². The lowest BCUT2D eigenvalue weighted by Crippen LogP contribution is -2.23. The van der Waals surface area contributed by atoms with Crippen molar-refractivity contribution in [3.8, 4) is 17.0 Å². The van der Waals surface area contributed by atoms with Crippen LogP contribution >= 0.6 is 0 Å². The lowest BCUT2D eigenvalue weighted by Gasteiger charge is -2.28. The molecule has 1 atom stereocenters. The summed E-state index contributed by atoms with van der Waals surface area (Å²) in [6, 6.07) is 14.8. The minimum Gasteiger partial charge on any atom is -0.488 e. The summed E-state index contributed by atoms with van der Waals surface area (Å²) < 4.78 is 10.4. The molecular formula is C20H18N4O. The zero-order chi connectivity index (χ0) is 17.0. The van der Waals surface area contributed by atoms with Gasteiger partial charge < -0.3 is 9.30 Å². The van der Waals surface area contributed by atoms with Gasteiger partial charge >= 0.3 is 0 Å². The van der Waals surface area contributed by atoms with Gasteiger partial charge in [0.1, 0.15) is 12.1 Å². The first-order chi connectivity index (χ1) is 12.2. The predicted octanol–water partition coefficient (Wildman–Crippen LogP) is 3.73. The van der Waals surface area contributed by atoms with Gasteiger partial charge in [-0.3, -0.25) is 4.68 Å². The molecule has 0 spiro atoms. The number of rotatable bonds is 2. The van der Waals surface area contributed by atoms with E-state index in [1.807, 2.05) is 36.4 Å². The predicted molar refractivity (Wildman–Crippen MR) is 96.7 cm³/mol. The second-order valence-electron chi connectivity index (χ2n) is 6.50. The zero-order valence-corrected chi connectivity index (χ0v) is 14.2. The average Bonchev–Trinajstić information content (AvgIpc) is 3.26. The molecule has 5 heteroatoms. The lowest BCUT2D eigenvalue weighted by atomic mass is 10.0. The van der Waals surface area contributed by atoms with Crippen LogP contribution in [-0.4, -0.2) is 25.9 Å². The molecule has 0 saturated heterocycles. The van der Waals surface area contributed by atoms with E-state index in [1.165, 1.54) is 5.56 Å². The molecule has 0 fully saturated rings. The van der Waals surface area contributed by atoms with Crippen molar-refractivity contribution < 1.29 is 4.74 Å². The van der Waals surface area contributed by atoms with E-state index in [0.717, 1.165) is 33.6 Å². The smallest absolute Gasteiger partial charge is 0.154 e. The van der Waals surface area contributed by atoms with Crippen LogP contribution < -0.4 is 4.74 Å². The number of ether oxygens (including phenoxy) is 1. The molecule has 25 heavy (non-hydrogen) atoms. The second kappa shape index (κ2) is 5.21. The summed E-state index contributed by atoms with van der Waals surface area (Å²) in [6.07, 6.45) is 3.75. The minimum atomic E-state index is 0.139. The third kappa shape index (κ3) is 2.02. The summed E-state index contributed by atoms with van der Waals surface area (Å²) in [4.78, 5) is 4.67. The summed E-state index contributed by atoms with van der Waals surface area (Å²) >= 11 is 0. The molecule has 1 unspecified atom stereocenters. The molecule has 0 radical (unpaired) electrons. The first-order valence-corrected chi connectivity index (χ1v) is 8.40. The van der Waals surface area contributed by atoms with E-state index in [9.17, 15) is 0 Å². The van der Waals surface area contributed by atoms with Crippen molar-refractivity contribution in [3.05, 3.63) is 66.1 Å². The van der Waals surface area contributed by atoms with Gasteiger partial charge in [0, 0.05) is 18.8 Å². The van der Waals surface area contributed by atoms with Crippen LogP contribution in [0.5, 0.6) is 5.75 Å². The molecule has 0 saturated carbocycles. The Labute approximate surface area is 145 Å². The molecule has 4 aromatic rings. The highest BCUT2D eigenvalue weighted by molar-refractivity contribution is 5.93. The second-order valence-corrected chi connectivity index (χ2v) is 6.50. The Morgan fingerprint density at radius 3 is 2.76 bits per heavy atom. The van der Waals surface area contributed by atoms with Gasteiger partial charge in [-0.25, -0.2) is 4.98 Å². The maximum atomic E-state index is 6.28. The Morgan fingerprint density at radius 2 is 2.00 bits per heavy atom. The summed E-state index contributed by atoms with van der Waals surface area (Å²) in [5, 5.41) is 4.31. The summed E-state index contributed by atoms with van der Waals surface area (Å²) in [7, 11) is 1.95. The van der Waals surface area contributed by atoms with Gasteiger partial charge in [-0.15, -0.1) is 0 Å². The number of hydrogen-bond acceptors (Lipinski definition) is 3. The van der Waals surface area contributed by atoms with Gasteiger partial charge in [-0.05, 0) is 30.2 Å². The van der Waals surface area contributed by atoms with Crippen LogP contribution in [0.2, 0.25) is 0 Å². The van der Waals surface area contributed by atoms with Gasteiger partial charge in [0.15, 0.2) is 5.75 Å². The molecule has 2 aromatic heterocycles. The summed E-state index contributed by atoms with van der Waals surface area (Å²) in [5.74, 6) is 0.897. The van der Waals surface area contributed by atoms with E-state index in [4.69, 9.17) is 4.74 Å². The van der Waals surface area contributed by atoms with E-state index < -0.39 is 0 Å². The Kier molecular flexibility index (Phi) is 2.98. The molecule has 1 aliphatic rings. The first kappa shape index (κ1) is 14.3. The molecule has 1 aliphatic heterocycles. The summed E-state index contributed by atoms with van der Waals surface area (Å²) in [5.41, 5.74) is 6.56. The van der Waals surface area contributed by atoms with E-state index in [-0.39, 0.29) is 6.04 Å². The zero-order valence-electron chi connectivity index (χ0n) is 14.2. The van der Waals surface area contributed by atoms with Gasteiger partial charge in [0.2, 0.25) is 0 Å². The lowest BCUT2D eigenvalue weighted by molar-refractivity contribution is 0.260. The Bertz CT molecular complexity index is 1080. The van der Waals surface area contributed by atoms with E-state index >= 15 is 0 Å². The third-order valence-electron chi connectivity index (χ3n) is 4.99. The molecule has 2 aromatic carbocycles. The number of hydrogen-bond donors (Lipinski definition) is 0. The quantitative estimate of drug-likeness (QED) is 0.562. The molecule has 5 nitrogen and oxygen atoms in total. The molecule has 5 rings (SSSR count). The normalized spacial score (nSPS) is 16.2. The third-order valence-corrected chi connectivity index (χ3v) is 4.99. The maximum absolute atomic E-state index is 6.28. The fourth-order valence-electron chi connectivity index (χ4n) is 3.74. The molecule has 0 amide bonds. The fraction of sp³-hybridized carbons (Fsp3) is 0.200. The topological polar surface area (TPSA) is 44.9 Å². The van der Waals surface area contributed by atoms with Gasteiger partial charge in [0.05, 0.1) is 23.6 Å². The van der Waals surface area contributed by atoms with Crippen molar-refractivity contribution in [2.24, 2.45) is 7.05 Å². The number of benzene rings is 2. The number of imidazole rings is 1. The van der Waals surface area contributed by atoms with E-state index in [1.54, 1.807) is 0 Å². The van der Waals surface area contributed by atoms with Crippen molar-refractivity contribution in [1.82, 2.24) is 19.3 Å². The molecule has 0 N–H and O–H groups in total. The van der Waals surface area contributed by atoms with Crippen LogP contribution in [-0.2, 0) is 7.05 Å². The SMILES string of the molecule is Cc1cc(-c2ccnn2C)c2c3c1ncn3C(c1ccccc1)CO2. The Balaban J connectivity index is 1.78. The Hall–Kier alpha value is -3.08. The van der Waals surface area contributed by atoms with Crippen LogP contribution in [0.3, 0.4) is 0 Å². The minimum absolute atomic E-state index is 0.139. The maximum Gasteiger partial charge on any atom is 0.154 e. The number of aromatic nitrogens is 4. The largest absolute Gasteiger partial charge is 0.488 e. The first-order valence-electron chi connectivity index (χ1n) is 8.40. The van der Waals surface area contributed by atoms with Crippen LogP contribution in [0.4, 0.5) is 0 Å². The van der Waals surface area contributed by atoms with Crippen LogP contribution in [0.1, 0.15) is 17.2 Å². The molecular weight excluding hydrogens is 312 g/mol. The molecule has 0 aliphatic carbocycles. The molecule has 0 bridgehead atoms. The fourth-order valence-corrected chi connectivity index (χ4v) is 3.74. The molecule has 3 heterocycles. The molecule has 124 valence electrons. The van der Waals surface area contributed by atoms with Crippen LogP contribution in [0.15, 0.2) is 55.0 Å². The van der Waals surface area contributed by atoms with Crippen molar-refractivity contribution >= 4 is 11.0 Å². The highest BCUT2D eigenvalue weighted by Gasteiger charge is 2.28. The Morgan fingerprint density at radius 1 is 1.16 bits per heavy atom. The van der Waals surface area contributed by atoms with E-state index in [0.29, 0.717) is 6.61 Å². The average molecular weight is 330 g/mol. The number of nitrogens with zero attached hydrogens (tertiary/aromatic N) is 4. The van der Waals surface area contributed by atoms with Gasteiger partial charge in [0.25, 0.3) is 0 Å². The monoisotopic (exact) mass is 330 g/mol. The van der Waals surface area contributed by atoms with Crippen molar-refractivity contribution in [2.75, 3.05) is 6.61 Å². The number of aryl methyl sites for hydroxylation is 2. The van der Waals surface area contributed by atoms with Crippen molar-refractivity contribution in [2.45, 2.75) is 13.0 Å². The van der Waals surface area contributed by atoms with Crippen LogP contribution in [0, 0.1) is 6.92 Å². The standard InChI is InChI=1S/C20H18N4O/c1-13-10-15(16-8-9-22-23(16)2)20-19-18(13)21-12-24(19)17(11-25-20)14-6-4-3-5-7-14/h3-10,12,17H,11H2,1-2H3.